The summed E-state index contributed by atoms with van der Waals surface area (Å²) < 4.78 is 16.4. The van der Waals surface area contributed by atoms with Gasteiger partial charge in [0.2, 0.25) is 0 Å². The van der Waals surface area contributed by atoms with Crippen molar-refractivity contribution in [1.82, 2.24) is 4.90 Å². The molecule has 1 aliphatic heterocycles. The molecular weight excluding hydrogens is 270 g/mol. The van der Waals surface area contributed by atoms with Crippen molar-refractivity contribution >= 4 is 0 Å². The molecule has 1 heterocycles. The highest BCUT2D eigenvalue weighted by atomic mass is 16.5. The average molecular weight is 293 g/mol. The van der Waals surface area contributed by atoms with E-state index in [1.54, 1.807) is 14.2 Å². The van der Waals surface area contributed by atoms with Crippen LogP contribution in [-0.2, 0) is 17.6 Å². The summed E-state index contributed by atoms with van der Waals surface area (Å²) in [5.74, 6) is 1.72. The van der Waals surface area contributed by atoms with Gasteiger partial charge in [-0.1, -0.05) is 0 Å². The molecule has 1 aromatic rings. The van der Waals surface area contributed by atoms with Crippen molar-refractivity contribution in [2.45, 2.75) is 25.0 Å². The van der Waals surface area contributed by atoms with Crippen LogP contribution in [0.1, 0.15) is 11.1 Å². The Bertz CT molecular complexity index is 499. The van der Waals surface area contributed by atoms with E-state index in [4.69, 9.17) is 14.2 Å². The van der Waals surface area contributed by atoms with Crippen molar-refractivity contribution in [2.75, 3.05) is 40.5 Å². The maximum Gasteiger partial charge on any atom is 0.122 e. The zero-order valence-corrected chi connectivity index (χ0v) is 12.7. The quantitative estimate of drug-likeness (QED) is 0.896. The normalized spacial score (nSPS) is 26.2. The van der Waals surface area contributed by atoms with Crippen LogP contribution in [0.3, 0.4) is 0 Å². The number of fused-ring (bicyclic) bond motifs is 1. The van der Waals surface area contributed by atoms with E-state index >= 15 is 0 Å². The molecule has 0 saturated carbocycles. The smallest absolute Gasteiger partial charge is 0.122 e. The molecule has 5 heteroatoms. The van der Waals surface area contributed by atoms with E-state index in [-0.39, 0.29) is 12.1 Å². The molecule has 0 bridgehead atoms. The highest BCUT2D eigenvalue weighted by Crippen LogP contribution is 2.37. The monoisotopic (exact) mass is 293 g/mol. The van der Waals surface area contributed by atoms with Crippen LogP contribution in [0.15, 0.2) is 12.1 Å². The predicted octanol–water partition coefficient (Wildman–Crippen LogP) is 0.864. The first-order valence-electron chi connectivity index (χ1n) is 7.47. The number of morpholine rings is 1. The molecule has 2 atom stereocenters. The predicted molar refractivity (Wildman–Crippen MR) is 79.1 cm³/mol. The summed E-state index contributed by atoms with van der Waals surface area (Å²) in [6.07, 6.45) is 1.02. The molecule has 116 valence electrons. The Labute approximate surface area is 125 Å². The summed E-state index contributed by atoms with van der Waals surface area (Å²) in [5, 5.41) is 10.6. The Balaban J connectivity index is 1.91. The molecule has 0 radical (unpaired) electrons. The molecule has 0 spiro atoms. The largest absolute Gasteiger partial charge is 0.496 e. The summed E-state index contributed by atoms with van der Waals surface area (Å²) in [5.41, 5.74) is 2.24. The minimum Gasteiger partial charge on any atom is -0.496 e. The van der Waals surface area contributed by atoms with Gasteiger partial charge in [-0.25, -0.2) is 0 Å². The maximum atomic E-state index is 10.6. The topological polar surface area (TPSA) is 51.2 Å². The van der Waals surface area contributed by atoms with Crippen LogP contribution < -0.4 is 9.47 Å². The Morgan fingerprint density at radius 2 is 1.62 bits per heavy atom. The Kier molecular flexibility index (Phi) is 4.33. The highest BCUT2D eigenvalue weighted by Gasteiger charge is 2.35. The molecule has 2 aliphatic rings. The fourth-order valence-electron chi connectivity index (χ4n) is 3.45. The first-order chi connectivity index (χ1) is 10.2. The van der Waals surface area contributed by atoms with Crippen LogP contribution in [0.25, 0.3) is 0 Å². The van der Waals surface area contributed by atoms with Gasteiger partial charge < -0.3 is 19.3 Å². The molecule has 1 saturated heterocycles. The fourth-order valence-corrected chi connectivity index (χ4v) is 3.45. The van der Waals surface area contributed by atoms with Crippen molar-refractivity contribution in [3.63, 3.8) is 0 Å². The van der Waals surface area contributed by atoms with Gasteiger partial charge >= 0.3 is 0 Å². The third-order valence-corrected chi connectivity index (χ3v) is 4.57. The van der Waals surface area contributed by atoms with E-state index in [1.807, 2.05) is 12.1 Å². The molecule has 1 N–H and O–H groups in total. The van der Waals surface area contributed by atoms with Crippen molar-refractivity contribution in [3.8, 4) is 11.5 Å². The van der Waals surface area contributed by atoms with Gasteiger partial charge in [0.15, 0.2) is 0 Å². The minimum absolute atomic E-state index is 0.127. The zero-order valence-electron chi connectivity index (χ0n) is 12.7. The number of hydrogen-bond donors (Lipinski definition) is 1. The number of rotatable bonds is 3. The Hall–Kier alpha value is -1.30. The van der Waals surface area contributed by atoms with Gasteiger partial charge in [0.25, 0.3) is 0 Å². The van der Waals surface area contributed by atoms with E-state index in [9.17, 15) is 5.11 Å². The molecular formula is C16H23NO4. The van der Waals surface area contributed by atoms with Gasteiger partial charge in [-0.2, -0.15) is 0 Å². The number of hydrogen-bond acceptors (Lipinski definition) is 5. The van der Waals surface area contributed by atoms with Gasteiger partial charge in [0, 0.05) is 36.7 Å². The molecule has 1 aromatic carbocycles. The number of methoxy groups -OCH3 is 2. The molecule has 0 aromatic heterocycles. The van der Waals surface area contributed by atoms with E-state index < -0.39 is 0 Å². The number of ether oxygens (including phenoxy) is 3. The zero-order chi connectivity index (χ0) is 14.8. The van der Waals surface area contributed by atoms with Gasteiger partial charge in [0.1, 0.15) is 11.5 Å². The fraction of sp³-hybridized carbons (Fsp3) is 0.625. The van der Waals surface area contributed by atoms with Gasteiger partial charge in [-0.3, -0.25) is 4.90 Å². The molecule has 0 amide bonds. The Morgan fingerprint density at radius 1 is 1.05 bits per heavy atom. The van der Waals surface area contributed by atoms with Crippen LogP contribution in [0.4, 0.5) is 0 Å². The summed E-state index contributed by atoms with van der Waals surface area (Å²) in [6, 6.07) is 3.99. The second-order valence-corrected chi connectivity index (χ2v) is 5.62. The molecule has 21 heavy (non-hydrogen) atoms. The number of nitrogens with zero attached hydrogens (tertiary/aromatic N) is 1. The van der Waals surface area contributed by atoms with Crippen LogP contribution in [0.5, 0.6) is 11.5 Å². The van der Waals surface area contributed by atoms with Crippen LogP contribution in [0.2, 0.25) is 0 Å². The van der Waals surface area contributed by atoms with Gasteiger partial charge in [-0.05, 0) is 18.6 Å². The van der Waals surface area contributed by atoms with Crippen LogP contribution in [-0.4, -0.2) is 62.7 Å². The van der Waals surface area contributed by atoms with Crippen molar-refractivity contribution in [2.24, 2.45) is 0 Å². The summed E-state index contributed by atoms with van der Waals surface area (Å²) in [4.78, 5) is 2.33. The molecule has 5 nitrogen and oxygen atoms in total. The first-order valence-corrected chi connectivity index (χ1v) is 7.47. The van der Waals surface area contributed by atoms with Gasteiger partial charge in [-0.15, -0.1) is 0 Å². The van der Waals surface area contributed by atoms with Crippen molar-refractivity contribution < 1.29 is 19.3 Å². The number of aliphatic hydroxyl groups excluding tert-OH is 1. The summed E-state index contributed by atoms with van der Waals surface area (Å²) >= 11 is 0. The number of aliphatic hydroxyl groups is 1. The van der Waals surface area contributed by atoms with Crippen molar-refractivity contribution in [3.05, 3.63) is 23.3 Å². The SMILES string of the molecule is COc1ccc(OC)c2c1C[C@@H](O)[C@H](N1CCOCC1)C2. The van der Waals surface area contributed by atoms with E-state index in [0.717, 1.165) is 49.8 Å². The minimum atomic E-state index is -0.378. The lowest BCUT2D eigenvalue weighted by Gasteiger charge is -2.40. The van der Waals surface area contributed by atoms with Crippen LogP contribution >= 0.6 is 0 Å². The first kappa shape index (κ1) is 14.6. The summed E-state index contributed by atoms with van der Waals surface area (Å²) in [6.45, 7) is 3.24. The second-order valence-electron chi connectivity index (χ2n) is 5.62. The average Bonchev–Trinajstić information content (AvgIpc) is 2.54. The lowest BCUT2D eigenvalue weighted by molar-refractivity contribution is -0.0247. The second kappa shape index (κ2) is 6.22. The van der Waals surface area contributed by atoms with E-state index in [2.05, 4.69) is 4.90 Å². The highest BCUT2D eigenvalue weighted by molar-refractivity contribution is 5.51. The maximum absolute atomic E-state index is 10.6. The third-order valence-electron chi connectivity index (χ3n) is 4.57. The number of benzene rings is 1. The van der Waals surface area contributed by atoms with Crippen molar-refractivity contribution in [1.29, 1.82) is 0 Å². The van der Waals surface area contributed by atoms with Crippen LogP contribution in [0, 0.1) is 0 Å². The summed E-state index contributed by atoms with van der Waals surface area (Å²) in [7, 11) is 3.36. The lowest BCUT2D eigenvalue weighted by atomic mass is 9.84. The van der Waals surface area contributed by atoms with E-state index in [0.29, 0.717) is 6.42 Å². The molecule has 1 aliphatic carbocycles. The Morgan fingerprint density at radius 3 is 2.19 bits per heavy atom. The lowest BCUT2D eigenvalue weighted by Crippen LogP contribution is -2.52. The molecule has 0 unspecified atom stereocenters. The molecule has 1 fully saturated rings. The standard InChI is InChI=1S/C16H23NO4/c1-19-15-3-4-16(20-2)12-10-14(18)13(9-11(12)15)17-5-7-21-8-6-17/h3-4,13-14,18H,5-10H2,1-2H3/t13-,14-/m1/s1. The third kappa shape index (κ3) is 2.73. The van der Waals surface area contributed by atoms with E-state index in [1.165, 1.54) is 5.56 Å². The van der Waals surface area contributed by atoms with Gasteiger partial charge in [0.05, 0.1) is 33.5 Å². The molecule has 3 rings (SSSR count).